The van der Waals surface area contributed by atoms with E-state index >= 15 is 0 Å². The maximum absolute atomic E-state index is 14.4. The fourth-order valence-electron chi connectivity index (χ4n) is 3.99. The maximum atomic E-state index is 14.4. The molecule has 1 unspecified atom stereocenters. The van der Waals surface area contributed by atoms with Gasteiger partial charge < -0.3 is 10.2 Å². The summed E-state index contributed by atoms with van der Waals surface area (Å²) in [5.74, 6) is 0.820. The summed E-state index contributed by atoms with van der Waals surface area (Å²) in [7, 11) is 3.59. The van der Waals surface area contributed by atoms with Crippen molar-refractivity contribution in [2.75, 3.05) is 40.3 Å². The number of fused-ring (bicyclic) bond motifs is 1. The molecule has 3 atom stereocenters. The number of nitrogens with one attached hydrogen (secondary N) is 1. The smallest absolute Gasteiger partial charge is 0.244 e. The van der Waals surface area contributed by atoms with Crippen LogP contribution in [0.5, 0.6) is 0 Å². The lowest BCUT2D eigenvalue weighted by molar-refractivity contribution is -0.136. The van der Waals surface area contributed by atoms with Crippen molar-refractivity contribution < 1.29 is 9.18 Å². The van der Waals surface area contributed by atoms with Crippen LogP contribution < -0.4 is 5.32 Å². The van der Waals surface area contributed by atoms with Gasteiger partial charge in [-0.05, 0) is 64.0 Å². The number of hydrogen-bond donors (Lipinski definition) is 1. The standard InChI is InChI=1S/C18H25ClFN3O/c1-22(2)17(16-14(19)4-3-5-15(16)20)18(24)23-8-6-12-10-21-11-13(12)7-9-23/h3-5,12-13,17,21H,6-11H2,1-2H3/t12-,13+,17?. The number of hydrogen-bond acceptors (Lipinski definition) is 3. The first-order chi connectivity index (χ1) is 11.5. The van der Waals surface area contributed by atoms with Crippen molar-refractivity contribution in [1.82, 2.24) is 15.1 Å². The number of rotatable bonds is 3. The van der Waals surface area contributed by atoms with E-state index in [4.69, 9.17) is 11.6 Å². The SMILES string of the molecule is CN(C)C(C(=O)N1CC[C@@H]2CNC[C@@H]2CC1)c1c(F)cccc1Cl. The number of likely N-dealkylation sites (tertiary alicyclic amines) is 1. The fraction of sp³-hybridized carbons (Fsp3) is 0.611. The van der Waals surface area contributed by atoms with E-state index in [1.54, 1.807) is 31.1 Å². The highest BCUT2D eigenvalue weighted by Crippen LogP contribution is 2.33. The molecule has 4 nitrogen and oxygen atoms in total. The number of likely N-dealkylation sites (N-methyl/N-ethyl adjacent to an activating group) is 1. The molecule has 2 aliphatic rings. The van der Waals surface area contributed by atoms with Crippen molar-refractivity contribution in [3.8, 4) is 0 Å². The van der Waals surface area contributed by atoms with Gasteiger partial charge in [0.05, 0.1) is 0 Å². The zero-order valence-electron chi connectivity index (χ0n) is 14.3. The Hall–Kier alpha value is -1.17. The topological polar surface area (TPSA) is 35.6 Å². The number of nitrogens with zero attached hydrogens (tertiary/aromatic N) is 2. The lowest BCUT2D eigenvalue weighted by Gasteiger charge is -2.31. The van der Waals surface area contributed by atoms with Gasteiger partial charge >= 0.3 is 0 Å². The summed E-state index contributed by atoms with van der Waals surface area (Å²) >= 11 is 6.22. The zero-order valence-corrected chi connectivity index (χ0v) is 15.0. The van der Waals surface area contributed by atoms with Gasteiger partial charge in [0.1, 0.15) is 11.9 Å². The van der Waals surface area contributed by atoms with Crippen LogP contribution in [0.3, 0.4) is 0 Å². The van der Waals surface area contributed by atoms with Crippen molar-refractivity contribution in [3.05, 3.63) is 34.6 Å². The zero-order chi connectivity index (χ0) is 17.3. The van der Waals surface area contributed by atoms with Gasteiger partial charge in [-0.2, -0.15) is 0 Å². The Labute approximate surface area is 147 Å². The van der Waals surface area contributed by atoms with Crippen molar-refractivity contribution in [2.45, 2.75) is 18.9 Å². The summed E-state index contributed by atoms with van der Waals surface area (Å²) < 4.78 is 14.4. The van der Waals surface area contributed by atoms with Gasteiger partial charge in [0.25, 0.3) is 0 Å². The van der Waals surface area contributed by atoms with Crippen molar-refractivity contribution >= 4 is 17.5 Å². The lowest BCUT2D eigenvalue weighted by Crippen LogP contribution is -2.41. The van der Waals surface area contributed by atoms with Crippen molar-refractivity contribution in [3.63, 3.8) is 0 Å². The molecule has 2 fully saturated rings. The minimum absolute atomic E-state index is 0.0556. The van der Waals surface area contributed by atoms with Crippen molar-refractivity contribution in [1.29, 1.82) is 0 Å². The molecular formula is C18H25ClFN3O. The van der Waals surface area contributed by atoms with Gasteiger partial charge in [0.15, 0.2) is 0 Å². The molecule has 0 bridgehead atoms. The first-order valence-corrected chi connectivity index (χ1v) is 8.96. The normalized spacial score (nSPS) is 25.5. The first-order valence-electron chi connectivity index (χ1n) is 8.59. The summed E-state index contributed by atoms with van der Waals surface area (Å²) in [5, 5.41) is 3.74. The number of carbonyl (C=O) groups excluding carboxylic acids is 1. The summed E-state index contributed by atoms with van der Waals surface area (Å²) in [5.41, 5.74) is 0.278. The molecule has 6 heteroatoms. The van der Waals surface area contributed by atoms with Crippen LogP contribution in [0.2, 0.25) is 5.02 Å². The van der Waals surface area contributed by atoms with Crippen LogP contribution in [-0.2, 0) is 4.79 Å². The molecule has 0 aliphatic carbocycles. The highest BCUT2D eigenvalue weighted by Gasteiger charge is 2.36. The predicted molar refractivity (Wildman–Crippen MR) is 93.5 cm³/mol. The van der Waals surface area contributed by atoms with E-state index in [1.165, 1.54) is 6.07 Å². The number of halogens is 2. The Bertz CT molecular complexity index is 576. The molecule has 0 saturated carbocycles. The summed E-state index contributed by atoms with van der Waals surface area (Å²) in [4.78, 5) is 16.8. The Morgan fingerprint density at radius 1 is 1.29 bits per heavy atom. The molecule has 1 aromatic rings. The van der Waals surface area contributed by atoms with Crippen LogP contribution in [0.25, 0.3) is 0 Å². The monoisotopic (exact) mass is 353 g/mol. The maximum Gasteiger partial charge on any atom is 0.244 e. The first kappa shape index (κ1) is 17.6. The highest BCUT2D eigenvalue weighted by atomic mass is 35.5. The molecule has 0 radical (unpaired) electrons. The molecule has 1 amide bonds. The van der Waals surface area contributed by atoms with E-state index < -0.39 is 11.9 Å². The number of amides is 1. The van der Waals surface area contributed by atoms with Gasteiger partial charge in [-0.25, -0.2) is 4.39 Å². The third-order valence-corrected chi connectivity index (χ3v) is 5.68. The molecule has 24 heavy (non-hydrogen) atoms. The second-order valence-electron chi connectivity index (χ2n) is 7.08. The summed E-state index contributed by atoms with van der Waals surface area (Å²) in [6, 6.07) is 3.89. The number of benzene rings is 1. The largest absolute Gasteiger partial charge is 0.341 e. The van der Waals surface area contributed by atoms with Crippen LogP contribution in [0.1, 0.15) is 24.4 Å². The molecule has 0 spiro atoms. The van der Waals surface area contributed by atoms with Gasteiger partial charge in [0.2, 0.25) is 5.91 Å². The molecule has 0 aromatic heterocycles. The third-order valence-electron chi connectivity index (χ3n) is 5.35. The Balaban J connectivity index is 1.82. The van der Waals surface area contributed by atoms with Crippen LogP contribution in [-0.4, -0.2) is 56.0 Å². The van der Waals surface area contributed by atoms with Gasteiger partial charge in [-0.3, -0.25) is 9.69 Å². The van der Waals surface area contributed by atoms with E-state index in [0.717, 1.165) is 39.0 Å². The predicted octanol–water partition coefficient (Wildman–Crippen LogP) is 2.54. The van der Waals surface area contributed by atoms with Gasteiger partial charge in [-0.15, -0.1) is 0 Å². The Morgan fingerprint density at radius 2 is 1.92 bits per heavy atom. The lowest BCUT2D eigenvalue weighted by atomic mass is 9.92. The minimum Gasteiger partial charge on any atom is -0.341 e. The quantitative estimate of drug-likeness (QED) is 0.907. The fourth-order valence-corrected chi connectivity index (χ4v) is 4.25. The second kappa shape index (κ2) is 7.38. The van der Waals surface area contributed by atoms with E-state index in [2.05, 4.69) is 5.32 Å². The molecule has 2 aliphatic heterocycles. The van der Waals surface area contributed by atoms with E-state index in [-0.39, 0.29) is 11.5 Å². The average molecular weight is 354 g/mol. The van der Waals surface area contributed by atoms with Crippen LogP contribution in [0.15, 0.2) is 18.2 Å². The summed E-state index contributed by atoms with van der Waals surface area (Å²) in [6.45, 7) is 3.56. The Kier molecular flexibility index (Phi) is 5.42. The highest BCUT2D eigenvalue weighted by molar-refractivity contribution is 6.31. The Morgan fingerprint density at radius 3 is 2.46 bits per heavy atom. The van der Waals surface area contributed by atoms with E-state index in [0.29, 0.717) is 16.9 Å². The third kappa shape index (κ3) is 3.44. The van der Waals surface area contributed by atoms with E-state index in [9.17, 15) is 9.18 Å². The number of carbonyl (C=O) groups is 1. The molecule has 2 saturated heterocycles. The van der Waals surface area contributed by atoms with Gasteiger partial charge in [-0.1, -0.05) is 17.7 Å². The molecule has 2 heterocycles. The van der Waals surface area contributed by atoms with Crippen LogP contribution in [0, 0.1) is 17.7 Å². The van der Waals surface area contributed by atoms with Crippen LogP contribution in [0.4, 0.5) is 4.39 Å². The molecule has 1 N–H and O–H groups in total. The average Bonchev–Trinajstić information content (AvgIpc) is 2.88. The van der Waals surface area contributed by atoms with Crippen LogP contribution >= 0.6 is 11.6 Å². The van der Waals surface area contributed by atoms with Crippen molar-refractivity contribution in [2.24, 2.45) is 11.8 Å². The molecular weight excluding hydrogens is 329 g/mol. The summed E-state index contributed by atoms with van der Waals surface area (Å²) in [6.07, 6.45) is 2.02. The van der Waals surface area contributed by atoms with Gasteiger partial charge in [0, 0.05) is 23.7 Å². The molecule has 1 aromatic carbocycles. The molecule has 3 rings (SSSR count). The second-order valence-corrected chi connectivity index (χ2v) is 7.49. The minimum atomic E-state index is -0.685. The van der Waals surface area contributed by atoms with E-state index in [1.807, 2.05) is 4.90 Å². The molecule has 132 valence electrons.